The van der Waals surface area contributed by atoms with Crippen molar-refractivity contribution >= 4 is 33.2 Å². The number of amides is 1. The Labute approximate surface area is 111 Å². The quantitative estimate of drug-likeness (QED) is 0.869. The summed E-state index contributed by atoms with van der Waals surface area (Å²) in [5, 5.41) is 2.88. The van der Waals surface area contributed by atoms with Gasteiger partial charge in [0.2, 0.25) is 5.91 Å². The first-order valence-electron chi connectivity index (χ1n) is 5.49. The van der Waals surface area contributed by atoms with Gasteiger partial charge in [-0.1, -0.05) is 29.8 Å². The Kier molecular flexibility index (Phi) is 4.93. The van der Waals surface area contributed by atoms with Crippen LogP contribution in [0.3, 0.4) is 0 Å². The molecule has 1 heterocycles. The average Bonchev–Trinajstić information content (AvgIpc) is 2.28. The summed E-state index contributed by atoms with van der Waals surface area (Å²) in [6.45, 7) is 3.99. The number of pyridine rings is 1. The van der Waals surface area contributed by atoms with Crippen LogP contribution in [0.1, 0.15) is 13.8 Å². The third-order valence-electron chi connectivity index (χ3n) is 2.37. The summed E-state index contributed by atoms with van der Waals surface area (Å²) >= 11 is 3.38. The maximum atomic E-state index is 11.9. The lowest BCUT2D eigenvalue weighted by molar-refractivity contribution is -0.116. The molecule has 5 heteroatoms. The van der Waals surface area contributed by atoms with Crippen molar-refractivity contribution in [1.82, 2.24) is 4.98 Å². The smallest absolute Gasteiger partial charge is 0.238 e. The van der Waals surface area contributed by atoms with Gasteiger partial charge in [0.25, 0.3) is 0 Å². The van der Waals surface area contributed by atoms with E-state index < -0.39 is 0 Å². The summed E-state index contributed by atoms with van der Waals surface area (Å²) < 4.78 is 0. The van der Waals surface area contributed by atoms with E-state index >= 15 is 0 Å². The van der Waals surface area contributed by atoms with Gasteiger partial charge in [-0.25, -0.2) is 0 Å². The maximum absolute atomic E-state index is 11.9. The van der Waals surface area contributed by atoms with Crippen molar-refractivity contribution < 1.29 is 4.79 Å². The fourth-order valence-corrected chi connectivity index (χ4v) is 1.49. The van der Waals surface area contributed by atoms with Crippen LogP contribution in [-0.2, 0) is 4.79 Å². The van der Waals surface area contributed by atoms with E-state index in [1.807, 2.05) is 38.9 Å². The zero-order valence-corrected chi connectivity index (χ0v) is 12.2. The molecule has 0 fully saturated rings. The molecule has 1 rings (SSSR count). The van der Waals surface area contributed by atoms with E-state index in [1.165, 1.54) is 0 Å². The predicted octanol–water partition coefficient (Wildman–Crippen LogP) is 2.51. The van der Waals surface area contributed by atoms with Crippen molar-refractivity contribution in [3.05, 3.63) is 18.5 Å². The summed E-state index contributed by atoms with van der Waals surface area (Å²) in [5.74, 6) is 0.200. The summed E-state index contributed by atoms with van der Waals surface area (Å²) in [6.07, 6.45) is 3.37. The fraction of sp³-hybridized carbons (Fsp3) is 0.500. The van der Waals surface area contributed by atoms with Crippen LogP contribution in [0.5, 0.6) is 0 Å². The highest BCUT2D eigenvalue weighted by Gasteiger charge is 2.19. The van der Waals surface area contributed by atoms with E-state index in [0.717, 1.165) is 11.4 Å². The number of hydrogen-bond donors (Lipinski definition) is 1. The van der Waals surface area contributed by atoms with Gasteiger partial charge in [-0.05, 0) is 12.0 Å². The molecule has 0 bridgehead atoms. The van der Waals surface area contributed by atoms with Gasteiger partial charge in [0, 0.05) is 20.3 Å². The molecule has 4 nitrogen and oxygen atoms in total. The minimum atomic E-state index is -0.197. The molecule has 0 aromatic carbocycles. The molecule has 0 saturated heterocycles. The second-order valence-electron chi connectivity index (χ2n) is 4.42. The number of aromatic nitrogens is 1. The topological polar surface area (TPSA) is 45.2 Å². The summed E-state index contributed by atoms with van der Waals surface area (Å²) in [7, 11) is 3.86. The molecule has 0 saturated carbocycles. The Morgan fingerprint density at radius 2 is 2.12 bits per heavy atom. The molecule has 94 valence electrons. The molecule has 0 aliphatic carbocycles. The number of halogens is 1. The monoisotopic (exact) mass is 299 g/mol. The van der Waals surface area contributed by atoms with Crippen LogP contribution in [0.2, 0.25) is 0 Å². The van der Waals surface area contributed by atoms with Gasteiger partial charge < -0.3 is 10.2 Å². The molecule has 17 heavy (non-hydrogen) atoms. The van der Waals surface area contributed by atoms with Crippen LogP contribution in [0, 0.1) is 5.92 Å². The lowest BCUT2D eigenvalue weighted by atomic mass is 10.1. The highest BCUT2D eigenvalue weighted by Crippen LogP contribution is 2.23. The molecule has 1 N–H and O–H groups in total. The van der Waals surface area contributed by atoms with Gasteiger partial charge >= 0.3 is 0 Å². The average molecular weight is 300 g/mol. The largest absolute Gasteiger partial charge is 0.376 e. The second-order valence-corrected chi connectivity index (χ2v) is 5.41. The van der Waals surface area contributed by atoms with Crippen LogP contribution >= 0.6 is 15.9 Å². The van der Waals surface area contributed by atoms with Gasteiger partial charge in [-0.15, -0.1) is 0 Å². The van der Waals surface area contributed by atoms with Crippen molar-refractivity contribution in [2.75, 3.05) is 24.3 Å². The highest BCUT2D eigenvalue weighted by atomic mass is 79.9. The van der Waals surface area contributed by atoms with Crippen LogP contribution < -0.4 is 10.2 Å². The number of alkyl halides is 1. The summed E-state index contributed by atoms with van der Waals surface area (Å²) in [4.78, 5) is 17.7. The maximum Gasteiger partial charge on any atom is 0.238 e. The molecule has 1 unspecified atom stereocenters. The van der Waals surface area contributed by atoms with Crippen LogP contribution in [0.25, 0.3) is 0 Å². The number of carbonyl (C=O) groups is 1. The Bertz CT molecular complexity index is 393. The summed E-state index contributed by atoms with van der Waals surface area (Å²) in [5.41, 5.74) is 1.67. The fourth-order valence-electron chi connectivity index (χ4n) is 1.38. The highest BCUT2D eigenvalue weighted by molar-refractivity contribution is 9.10. The third kappa shape index (κ3) is 3.70. The van der Waals surface area contributed by atoms with E-state index in [2.05, 4.69) is 26.2 Å². The molecular formula is C12H18BrN3O. The van der Waals surface area contributed by atoms with E-state index in [9.17, 15) is 4.79 Å². The van der Waals surface area contributed by atoms with Gasteiger partial charge in [-0.3, -0.25) is 9.78 Å². The minimum Gasteiger partial charge on any atom is -0.376 e. The SMILES string of the molecule is CC(C)C(Br)C(=O)Nc1cnccc1N(C)C. The van der Waals surface area contributed by atoms with Gasteiger partial charge in [0.1, 0.15) is 0 Å². The van der Waals surface area contributed by atoms with Gasteiger partial charge in [-0.2, -0.15) is 0 Å². The minimum absolute atomic E-state index is 0.0453. The van der Waals surface area contributed by atoms with Crippen molar-refractivity contribution in [2.24, 2.45) is 5.92 Å². The lowest BCUT2D eigenvalue weighted by Crippen LogP contribution is -2.28. The second kappa shape index (κ2) is 6.00. The third-order valence-corrected chi connectivity index (χ3v) is 3.85. The molecule has 1 atom stereocenters. The number of hydrogen-bond acceptors (Lipinski definition) is 3. The van der Waals surface area contributed by atoms with Gasteiger partial charge in [0.15, 0.2) is 0 Å². The number of anilines is 2. The molecular weight excluding hydrogens is 282 g/mol. The molecule has 0 radical (unpaired) electrons. The van der Waals surface area contributed by atoms with Crippen LogP contribution in [-0.4, -0.2) is 29.8 Å². The molecule has 0 aliphatic heterocycles. The van der Waals surface area contributed by atoms with E-state index in [1.54, 1.807) is 12.4 Å². The van der Waals surface area contributed by atoms with E-state index in [-0.39, 0.29) is 16.7 Å². The Morgan fingerprint density at radius 3 is 2.65 bits per heavy atom. The molecule has 1 aromatic heterocycles. The normalized spacial score (nSPS) is 12.4. The first kappa shape index (κ1) is 14.0. The van der Waals surface area contributed by atoms with Crippen molar-refractivity contribution in [2.45, 2.75) is 18.7 Å². The van der Waals surface area contributed by atoms with Crippen LogP contribution in [0.15, 0.2) is 18.5 Å². The van der Waals surface area contributed by atoms with E-state index in [0.29, 0.717) is 0 Å². The standard InChI is InChI=1S/C12H18BrN3O/c1-8(2)11(13)12(17)15-9-7-14-6-5-10(9)16(3)4/h5-8,11H,1-4H3,(H,15,17). The predicted molar refractivity (Wildman–Crippen MR) is 74.7 cm³/mol. The lowest BCUT2D eigenvalue weighted by Gasteiger charge is -2.19. The zero-order chi connectivity index (χ0) is 13.0. The zero-order valence-electron chi connectivity index (χ0n) is 10.6. The Morgan fingerprint density at radius 1 is 1.47 bits per heavy atom. The number of nitrogens with one attached hydrogen (secondary N) is 1. The van der Waals surface area contributed by atoms with Crippen molar-refractivity contribution in [3.8, 4) is 0 Å². The number of rotatable bonds is 4. The first-order chi connectivity index (χ1) is 7.93. The van der Waals surface area contributed by atoms with E-state index in [4.69, 9.17) is 0 Å². The van der Waals surface area contributed by atoms with Crippen molar-refractivity contribution in [3.63, 3.8) is 0 Å². The number of carbonyl (C=O) groups excluding carboxylic acids is 1. The molecule has 0 aliphatic rings. The molecule has 0 spiro atoms. The Hall–Kier alpha value is -1.10. The van der Waals surface area contributed by atoms with Crippen molar-refractivity contribution in [1.29, 1.82) is 0 Å². The molecule has 1 amide bonds. The van der Waals surface area contributed by atoms with Crippen LogP contribution in [0.4, 0.5) is 11.4 Å². The summed E-state index contributed by atoms with van der Waals surface area (Å²) in [6, 6.07) is 1.87. The molecule has 1 aromatic rings. The number of nitrogens with zero attached hydrogens (tertiary/aromatic N) is 2. The Balaban J connectivity index is 2.85. The van der Waals surface area contributed by atoms with Gasteiger partial charge in [0.05, 0.1) is 22.4 Å². The first-order valence-corrected chi connectivity index (χ1v) is 6.41.